The molecule has 0 saturated heterocycles. The zero-order valence-electron chi connectivity index (χ0n) is 12.7. The van der Waals surface area contributed by atoms with E-state index < -0.39 is 0 Å². The summed E-state index contributed by atoms with van der Waals surface area (Å²) < 4.78 is 0. The molecule has 4 rings (SSSR count). The van der Waals surface area contributed by atoms with Crippen LogP contribution in [0, 0.1) is 0 Å². The standard InChI is InChI=1S/C16H12ClN7O/c17-9-4-5-12(10(7-9)15-21-23-24-22-15)20-16(25)13-6-8-2-1-3-11(18)14(8)19-13/h1-7,19H,18H2,(H,20,25)(H,21,22,23,24). The van der Waals surface area contributed by atoms with E-state index in [1.807, 2.05) is 12.1 Å². The number of nitrogens with zero attached hydrogens (tertiary/aromatic N) is 3. The second-order valence-corrected chi connectivity index (χ2v) is 5.82. The van der Waals surface area contributed by atoms with Gasteiger partial charge < -0.3 is 16.0 Å². The number of benzene rings is 2. The third kappa shape index (κ3) is 2.79. The number of para-hydroxylation sites is 1. The zero-order valence-corrected chi connectivity index (χ0v) is 13.5. The van der Waals surface area contributed by atoms with Crippen molar-refractivity contribution in [3.05, 3.63) is 53.2 Å². The summed E-state index contributed by atoms with van der Waals surface area (Å²) in [5, 5.41) is 17.8. The van der Waals surface area contributed by atoms with Crippen LogP contribution in [0.2, 0.25) is 5.02 Å². The van der Waals surface area contributed by atoms with Crippen LogP contribution in [0.5, 0.6) is 0 Å². The van der Waals surface area contributed by atoms with E-state index in [2.05, 4.69) is 30.9 Å². The molecule has 5 N–H and O–H groups in total. The van der Waals surface area contributed by atoms with Crippen LogP contribution in [0.25, 0.3) is 22.3 Å². The summed E-state index contributed by atoms with van der Waals surface area (Å²) in [6.45, 7) is 0. The van der Waals surface area contributed by atoms with Crippen molar-refractivity contribution >= 4 is 39.8 Å². The fraction of sp³-hybridized carbons (Fsp3) is 0. The number of fused-ring (bicyclic) bond motifs is 1. The summed E-state index contributed by atoms with van der Waals surface area (Å²) >= 11 is 6.04. The Hall–Kier alpha value is -3.39. The van der Waals surface area contributed by atoms with Crippen LogP contribution in [0.1, 0.15) is 10.5 Å². The van der Waals surface area contributed by atoms with Crippen LogP contribution in [-0.2, 0) is 0 Å². The van der Waals surface area contributed by atoms with E-state index in [9.17, 15) is 4.79 Å². The molecule has 0 bridgehead atoms. The molecule has 0 aliphatic carbocycles. The number of nitrogen functional groups attached to an aromatic ring is 1. The largest absolute Gasteiger partial charge is 0.397 e. The first-order chi connectivity index (χ1) is 12.1. The number of carbonyl (C=O) groups is 1. The van der Waals surface area contributed by atoms with Gasteiger partial charge in [0.05, 0.1) is 16.9 Å². The number of amides is 1. The van der Waals surface area contributed by atoms with Gasteiger partial charge in [0.25, 0.3) is 5.91 Å². The van der Waals surface area contributed by atoms with E-state index in [0.29, 0.717) is 33.5 Å². The van der Waals surface area contributed by atoms with Gasteiger partial charge in [-0.05, 0) is 40.8 Å². The van der Waals surface area contributed by atoms with Crippen LogP contribution in [0.3, 0.4) is 0 Å². The summed E-state index contributed by atoms with van der Waals surface area (Å²) in [5.74, 6) is 0.0883. The fourth-order valence-electron chi connectivity index (χ4n) is 2.59. The minimum absolute atomic E-state index is 0.313. The Bertz CT molecular complexity index is 1070. The Morgan fingerprint density at radius 2 is 2.08 bits per heavy atom. The Kier molecular flexibility index (Phi) is 3.58. The van der Waals surface area contributed by atoms with Crippen LogP contribution < -0.4 is 11.1 Å². The lowest BCUT2D eigenvalue weighted by molar-refractivity contribution is 0.102. The Morgan fingerprint density at radius 1 is 1.20 bits per heavy atom. The predicted octanol–water partition coefficient (Wildman–Crippen LogP) is 2.84. The SMILES string of the molecule is Nc1cccc2cc(C(=O)Nc3ccc(Cl)cc3-c3nnn[nH]3)[nH]c12. The predicted molar refractivity (Wildman–Crippen MR) is 95.3 cm³/mol. The molecule has 0 saturated carbocycles. The van der Waals surface area contributed by atoms with Gasteiger partial charge in [-0.3, -0.25) is 4.79 Å². The maximum absolute atomic E-state index is 12.6. The van der Waals surface area contributed by atoms with E-state index in [1.165, 1.54) is 0 Å². The number of halogens is 1. The maximum atomic E-state index is 12.6. The van der Waals surface area contributed by atoms with E-state index in [4.69, 9.17) is 17.3 Å². The molecule has 0 radical (unpaired) electrons. The van der Waals surface area contributed by atoms with Gasteiger partial charge in [0.1, 0.15) is 5.69 Å². The normalized spacial score (nSPS) is 10.9. The van der Waals surface area contributed by atoms with Crippen molar-refractivity contribution in [2.24, 2.45) is 0 Å². The molecule has 25 heavy (non-hydrogen) atoms. The summed E-state index contributed by atoms with van der Waals surface area (Å²) in [6.07, 6.45) is 0. The molecule has 2 aromatic carbocycles. The second-order valence-electron chi connectivity index (χ2n) is 5.39. The van der Waals surface area contributed by atoms with Crippen molar-refractivity contribution in [2.45, 2.75) is 0 Å². The molecule has 9 heteroatoms. The monoisotopic (exact) mass is 353 g/mol. The fourth-order valence-corrected chi connectivity index (χ4v) is 2.76. The molecule has 0 aliphatic rings. The number of hydrogen-bond donors (Lipinski definition) is 4. The summed E-state index contributed by atoms with van der Waals surface area (Å²) in [5.41, 5.74) is 8.73. The van der Waals surface area contributed by atoms with Gasteiger partial charge >= 0.3 is 0 Å². The second kappa shape index (κ2) is 5.91. The van der Waals surface area contributed by atoms with Crippen molar-refractivity contribution in [2.75, 3.05) is 11.1 Å². The number of carbonyl (C=O) groups excluding carboxylic acids is 1. The molecular formula is C16H12ClN7O. The molecule has 2 aromatic heterocycles. The molecule has 1 amide bonds. The van der Waals surface area contributed by atoms with Gasteiger partial charge in [-0.15, -0.1) is 5.10 Å². The molecule has 0 aliphatic heterocycles. The number of aromatic nitrogens is 5. The molecule has 4 aromatic rings. The number of nitrogens with one attached hydrogen (secondary N) is 3. The minimum atomic E-state index is -0.313. The van der Waals surface area contributed by atoms with E-state index in [-0.39, 0.29) is 5.91 Å². The topological polar surface area (TPSA) is 125 Å². The van der Waals surface area contributed by atoms with Crippen molar-refractivity contribution in [3.63, 3.8) is 0 Å². The first kappa shape index (κ1) is 15.2. The number of anilines is 2. The summed E-state index contributed by atoms with van der Waals surface area (Å²) in [4.78, 5) is 15.7. The molecular weight excluding hydrogens is 342 g/mol. The summed E-state index contributed by atoms with van der Waals surface area (Å²) in [7, 11) is 0. The average Bonchev–Trinajstić information content (AvgIpc) is 3.26. The van der Waals surface area contributed by atoms with Crippen LogP contribution >= 0.6 is 11.6 Å². The minimum Gasteiger partial charge on any atom is -0.397 e. The highest BCUT2D eigenvalue weighted by Crippen LogP contribution is 2.29. The van der Waals surface area contributed by atoms with Gasteiger partial charge in [-0.2, -0.15) is 0 Å². The lowest BCUT2D eigenvalue weighted by Gasteiger charge is -2.08. The maximum Gasteiger partial charge on any atom is 0.272 e. The lowest BCUT2D eigenvalue weighted by Crippen LogP contribution is -2.13. The molecule has 8 nitrogen and oxygen atoms in total. The number of aromatic amines is 2. The average molecular weight is 354 g/mol. The molecule has 2 heterocycles. The van der Waals surface area contributed by atoms with E-state index >= 15 is 0 Å². The highest BCUT2D eigenvalue weighted by molar-refractivity contribution is 6.31. The molecule has 0 fully saturated rings. The molecule has 0 unspecified atom stereocenters. The van der Waals surface area contributed by atoms with Gasteiger partial charge in [0.2, 0.25) is 0 Å². The molecule has 0 spiro atoms. The van der Waals surface area contributed by atoms with Gasteiger partial charge in [-0.25, -0.2) is 5.10 Å². The molecule has 0 atom stereocenters. The van der Waals surface area contributed by atoms with Crippen molar-refractivity contribution in [1.29, 1.82) is 0 Å². The first-order valence-electron chi connectivity index (χ1n) is 7.34. The van der Waals surface area contributed by atoms with Crippen molar-refractivity contribution in [1.82, 2.24) is 25.6 Å². The van der Waals surface area contributed by atoms with Gasteiger partial charge in [0, 0.05) is 16.0 Å². The highest BCUT2D eigenvalue weighted by Gasteiger charge is 2.15. The van der Waals surface area contributed by atoms with Crippen molar-refractivity contribution < 1.29 is 4.79 Å². The zero-order chi connectivity index (χ0) is 17.4. The number of nitrogens with two attached hydrogens (primary N) is 1. The number of H-pyrrole nitrogens is 2. The van der Waals surface area contributed by atoms with Gasteiger partial charge in [-0.1, -0.05) is 23.7 Å². The van der Waals surface area contributed by atoms with Crippen LogP contribution in [-0.4, -0.2) is 31.5 Å². The highest BCUT2D eigenvalue weighted by atomic mass is 35.5. The third-order valence-corrected chi connectivity index (χ3v) is 4.00. The lowest BCUT2D eigenvalue weighted by atomic mass is 10.1. The Balaban J connectivity index is 1.70. The quantitative estimate of drug-likeness (QED) is 0.421. The van der Waals surface area contributed by atoms with Crippen molar-refractivity contribution in [3.8, 4) is 11.4 Å². The van der Waals surface area contributed by atoms with E-state index in [1.54, 1.807) is 30.3 Å². The van der Waals surface area contributed by atoms with Crippen LogP contribution in [0.15, 0.2) is 42.5 Å². The van der Waals surface area contributed by atoms with E-state index in [0.717, 1.165) is 10.9 Å². The number of hydrogen-bond acceptors (Lipinski definition) is 5. The Morgan fingerprint density at radius 3 is 2.84 bits per heavy atom. The van der Waals surface area contributed by atoms with Crippen LogP contribution in [0.4, 0.5) is 11.4 Å². The van der Waals surface area contributed by atoms with Gasteiger partial charge in [0.15, 0.2) is 5.82 Å². The smallest absolute Gasteiger partial charge is 0.272 e. The molecule has 124 valence electrons. The third-order valence-electron chi connectivity index (χ3n) is 3.76. The summed E-state index contributed by atoms with van der Waals surface area (Å²) in [6, 6.07) is 12.3. The Labute approximate surface area is 146 Å². The first-order valence-corrected chi connectivity index (χ1v) is 7.72. The number of rotatable bonds is 3. The number of tetrazole rings is 1.